The number of carbonyl (C=O) groups excluding carboxylic acids is 2. The van der Waals surface area contributed by atoms with Crippen LogP contribution in [0.4, 0.5) is 22.6 Å². The number of likely N-dealkylation sites (N-methyl/N-ethyl adjacent to an activating group) is 1. The maximum atomic E-state index is 12.2. The molecule has 0 aliphatic carbocycles. The number of imide groups is 1. The highest BCUT2D eigenvalue weighted by Gasteiger charge is 2.37. The average molecular weight is 293 g/mol. The number of hydrogen-bond donors (Lipinski definition) is 0. The van der Waals surface area contributed by atoms with Crippen LogP contribution < -0.4 is 14.7 Å². The molecular weight excluding hydrogens is 274 g/mol. The van der Waals surface area contributed by atoms with Gasteiger partial charge in [-0.25, -0.2) is 4.79 Å². The Morgan fingerprint density at radius 2 is 1.52 bits per heavy atom. The summed E-state index contributed by atoms with van der Waals surface area (Å²) in [5.41, 5.74) is 0. The second-order valence-electron chi connectivity index (χ2n) is 5.03. The van der Waals surface area contributed by atoms with E-state index in [1.54, 1.807) is 44.9 Å². The van der Waals surface area contributed by atoms with Gasteiger partial charge in [0.15, 0.2) is 0 Å². The molecule has 9 nitrogen and oxygen atoms in total. The summed E-state index contributed by atoms with van der Waals surface area (Å²) < 4.78 is 0. The molecular formula is C12H19N7O2. The van der Waals surface area contributed by atoms with E-state index in [1.807, 2.05) is 0 Å². The van der Waals surface area contributed by atoms with Crippen molar-refractivity contribution in [3.63, 3.8) is 0 Å². The molecule has 0 saturated carbocycles. The Hall–Kier alpha value is -2.45. The third-order valence-electron chi connectivity index (χ3n) is 3.01. The molecule has 0 atom stereocenters. The Labute approximate surface area is 123 Å². The maximum Gasteiger partial charge on any atom is 0.334 e. The van der Waals surface area contributed by atoms with Gasteiger partial charge in [0.1, 0.15) is 6.54 Å². The van der Waals surface area contributed by atoms with Crippen molar-refractivity contribution in [1.29, 1.82) is 0 Å². The van der Waals surface area contributed by atoms with Crippen LogP contribution in [0.15, 0.2) is 0 Å². The van der Waals surface area contributed by atoms with Gasteiger partial charge in [0.25, 0.3) is 5.91 Å². The number of urea groups is 1. The van der Waals surface area contributed by atoms with Gasteiger partial charge in [-0.2, -0.15) is 15.0 Å². The van der Waals surface area contributed by atoms with Gasteiger partial charge in [-0.1, -0.05) is 0 Å². The van der Waals surface area contributed by atoms with Gasteiger partial charge in [0.05, 0.1) is 0 Å². The fourth-order valence-corrected chi connectivity index (χ4v) is 1.87. The molecule has 0 bridgehead atoms. The lowest BCUT2D eigenvalue weighted by molar-refractivity contribution is -0.124. The predicted octanol–water partition coefficient (Wildman–Crippen LogP) is -0.208. The number of rotatable bonds is 4. The van der Waals surface area contributed by atoms with Gasteiger partial charge >= 0.3 is 6.03 Å². The van der Waals surface area contributed by atoms with E-state index in [9.17, 15) is 9.59 Å². The summed E-state index contributed by atoms with van der Waals surface area (Å²) in [6.07, 6.45) is 0. The summed E-state index contributed by atoms with van der Waals surface area (Å²) in [6, 6.07) is -0.400. The first-order valence-corrected chi connectivity index (χ1v) is 6.57. The van der Waals surface area contributed by atoms with Crippen LogP contribution in [0.3, 0.4) is 0 Å². The molecule has 2 rings (SSSR count). The average Bonchev–Trinajstić information content (AvgIpc) is 2.72. The van der Waals surface area contributed by atoms with Crippen molar-refractivity contribution < 1.29 is 9.59 Å². The minimum Gasteiger partial charge on any atom is -0.347 e. The lowest BCUT2D eigenvalue weighted by atomic mass is 10.5. The van der Waals surface area contributed by atoms with E-state index in [0.717, 1.165) is 0 Å². The molecule has 0 radical (unpaired) electrons. The molecule has 21 heavy (non-hydrogen) atoms. The van der Waals surface area contributed by atoms with E-state index in [-0.39, 0.29) is 18.4 Å². The Kier molecular flexibility index (Phi) is 3.92. The van der Waals surface area contributed by atoms with Crippen LogP contribution in [0.5, 0.6) is 0 Å². The van der Waals surface area contributed by atoms with E-state index in [4.69, 9.17) is 0 Å². The molecule has 0 N–H and O–H groups in total. The highest BCUT2D eigenvalue weighted by molar-refractivity contribution is 6.11. The van der Waals surface area contributed by atoms with Gasteiger partial charge in [-0.05, 0) is 6.92 Å². The van der Waals surface area contributed by atoms with E-state index < -0.39 is 6.03 Å². The molecule has 9 heteroatoms. The van der Waals surface area contributed by atoms with Crippen LogP contribution in [0.2, 0.25) is 0 Å². The largest absolute Gasteiger partial charge is 0.347 e. The molecule has 1 aromatic heterocycles. The Bertz CT molecular complexity index is 546. The normalized spacial score (nSPS) is 14.9. The molecule has 1 fully saturated rings. The number of aromatic nitrogens is 3. The summed E-state index contributed by atoms with van der Waals surface area (Å²) in [4.78, 5) is 42.7. The van der Waals surface area contributed by atoms with Crippen molar-refractivity contribution in [2.24, 2.45) is 0 Å². The van der Waals surface area contributed by atoms with Crippen molar-refractivity contribution in [1.82, 2.24) is 19.9 Å². The van der Waals surface area contributed by atoms with Crippen LogP contribution in [-0.2, 0) is 4.79 Å². The fourth-order valence-electron chi connectivity index (χ4n) is 1.87. The minimum absolute atomic E-state index is 0.0452. The van der Waals surface area contributed by atoms with Crippen molar-refractivity contribution in [3.05, 3.63) is 0 Å². The molecule has 1 aromatic rings. The molecule has 2 heterocycles. The number of carbonyl (C=O) groups is 2. The standard InChI is InChI=1S/C12H19N7O2/c1-6-18-8(20)7-19(12(18)21)11-14-9(16(2)3)13-10(15-11)17(4)5/h6-7H2,1-5H3. The van der Waals surface area contributed by atoms with Crippen molar-refractivity contribution in [2.75, 3.05) is 56.0 Å². The van der Waals surface area contributed by atoms with Gasteiger partial charge in [-0.15, -0.1) is 0 Å². The molecule has 114 valence electrons. The van der Waals surface area contributed by atoms with Crippen LogP contribution in [-0.4, -0.2) is 73.1 Å². The zero-order chi connectivity index (χ0) is 15.7. The summed E-state index contributed by atoms with van der Waals surface area (Å²) >= 11 is 0. The van der Waals surface area contributed by atoms with Gasteiger partial charge in [0, 0.05) is 34.7 Å². The second-order valence-corrected chi connectivity index (χ2v) is 5.03. The van der Waals surface area contributed by atoms with E-state index in [0.29, 0.717) is 18.4 Å². The number of hydrogen-bond acceptors (Lipinski definition) is 7. The van der Waals surface area contributed by atoms with Crippen LogP contribution in [0, 0.1) is 0 Å². The number of amides is 3. The number of nitrogens with zero attached hydrogens (tertiary/aromatic N) is 7. The molecule has 1 saturated heterocycles. The van der Waals surface area contributed by atoms with Crippen LogP contribution in [0.25, 0.3) is 0 Å². The van der Waals surface area contributed by atoms with Crippen molar-refractivity contribution in [2.45, 2.75) is 6.92 Å². The van der Waals surface area contributed by atoms with E-state index in [2.05, 4.69) is 15.0 Å². The quantitative estimate of drug-likeness (QED) is 0.710. The zero-order valence-electron chi connectivity index (χ0n) is 12.9. The summed E-state index contributed by atoms with van der Waals surface area (Å²) in [6.45, 7) is 2.04. The second kappa shape index (κ2) is 5.51. The molecule has 0 unspecified atom stereocenters. The molecule has 0 spiro atoms. The third kappa shape index (κ3) is 2.71. The first kappa shape index (κ1) is 14.9. The van der Waals surface area contributed by atoms with E-state index >= 15 is 0 Å². The smallest absolute Gasteiger partial charge is 0.334 e. The highest BCUT2D eigenvalue weighted by Crippen LogP contribution is 2.21. The Balaban J connectivity index is 2.44. The lowest BCUT2D eigenvalue weighted by Gasteiger charge is -2.19. The number of anilines is 3. The fraction of sp³-hybridized carbons (Fsp3) is 0.583. The highest BCUT2D eigenvalue weighted by atomic mass is 16.2. The lowest BCUT2D eigenvalue weighted by Crippen LogP contribution is -2.34. The first-order valence-electron chi connectivity index (χ1n) is 6.57. The monoisotopic (exact) mass is 293 g/mol. The topological polar surface area (TPSA) is 85.8 Å². The van der Waals surface area contributed by atoms with Gasteiger partial charge in [-0.3, -0.25) is 14.6 Å². The Morgan fingerprint density at radius 1 is 1.00 bits per heavy atom. The first-order chi connectivity index (χ1) is 9.85. The van der Waals surface area contributed by atoms with Crippen LogP contribution in [0.1, 0.15) is 6.92 Å². The van der Waals surface area contributed by atoms with Crippen molar-refractivity contribution in [3.8, 4) is 0 Å². The SMILES string of the molecule is CCN1C(=O)CN(c2nc(N(C)C)nc(N(C)C)n2)C1=O. The minimum atomic E-state index is -0.400. The van der Waals surface area contributed by atoms with Crippen molar-refractivity contribution >= 4 is 29.8 Å². The van der Waals surface area contributed by atoms with Crippen LogP contribution >= 0.6 is 0 Å². The van der Waals surface area contributed by atoms with Gasteiger partial charge in [0.2, 0.25) is 17.8 Å². The summed E-state index contributed by atoms with van der Waals surface area (Å²) in [5, 5.41) is 0. The molecule has 1 aliphatic rings. The zero-order valence-corrected chi connectivity index (χ0v) is 12.9. The molecule has 3 amide bonds. The maximum absolute atomic E-state index is 12.2. The van der Waals surface area contributed by atoms with E-state index in [1.165, 1.54) is 9.80 Å². The summed E-state index contributed by atoms with van der Waals surface area (Å²) in [7, 11) is 7.20. The van der Waals surface area contributed by atoms with Gasteiger partial charge < -0.3 is 9.80 Å². The Morgan fingerprint density at radius 3 is 1.90 bits per heavy atom. The molecule has 0 aromatic carbocycles. The third-order valence-corrected chi connectivity index (χ3v) is 3.01. The summed E-state index contributed by atoms with van der Waals surface area (Å²) in [5.74, 6) is 0.796. The molecule has 1 aliphatic heterocycles. The predicted molar refractivity (Wildman–Crippen MR) is 78.6 cm³/mol.